The maximum atomic E-state index is 11.5. The lowest BCUT2D eigenvalue weighted by Gasteiger charge is -2.05. The maximum Gasteiger partial charge on any atom is 0.413 e. The number of nitriles is 1. The lowest BCUT2D eigenvalue weighted by Crippen LogP contribution is -2.14. The molecule has 19 heavy (non-hydrogen) atoms. The summed E-state index contributed by atoms with van der Waals surface area (Å²) in [4.78, 5) is 11.5. The predicted molar refractivity (Wildman–Crippen MR) is 67.0 cm³/mol. The molecule has 0 atom stereocenters. The summed E-state index contributed by atoms with van der Waals surface area (Å²) in [5, 5.41) is 18.3. The van der Waals surface area contributed by atoms with Gasteiger partial charge in [0.2, 0.25) is 0 Å². The second-order valence-corrected chi connectivity index (χ2v) is 3.63. The molecule has 94 valence electrons. The molecule has 2 aromatic rings. The van der Waals surface area contributed by atoms with E-state index in [1.807, 2.05) is 36.4 Å². The highest BCUT2D eigenvalue weighted by atomic mass is 16.5. The quantitative estimate of drug-likeness (QED) is 0.906. The van der Waals surface area contributed by atoms with Crippen LogP contribution in [0.1, 0.15) is 11.1 Å². The first kappa shape index (κ1) is 12.5. The third kappa shape index (κ3) is 3.78. The van der Waals surface area contributed by atoms with E-state index in [4.69, 9.17) is 10.00 Å². The van der Waals surface area contributed by atoms with Gasteiger partial charge in [0.15, 0.2) is 5.82 Å². The van der Waals surface area contributed by atoms with Crippen LogP contribution in [0.3, 0.4) is 0 Å². The molecular formula is C13H10N4O2. The van der Waals surface area contributed by atoms with Crippen molar-refractivity contribution in [2.45, 2.75) is 6.61 Å². The Labute approximate surface area is 109 Å². The van der Waals surface area contributed by atoms with E-state index < -0.39 is 6.09 Å². The zero-order chi connectivity index (χ0) is 13.5. The Morgan fingerprint density at radius 1 is 1.37 bits per heavy atom. The Kier molecular flexibility index (Phi) is 4.03. The molecule has 0 aliphatic heterocycles. The van der Waals surface area contributed by atoms with E-state index in [2.05, 4.69) is 15.5 Å². The van der Waals surface area contributed by atoms with Gasteiger partial charge in [-0.05, 0) is 5.56 Å². The van der Waals surface area contributed by atoms with Crippen molar-refractivity contribution in [1.29, 1.82) is 5.26 Å². The fraction of sp³-hybridized carbons (Fsp3) is 0.0769. The monoisotopic (exact) mass is 254 g/mol. The highest BCUT2D eigenvalue weighted by Crippen LogP contribution is 2.05. The van der Waals surface area contributed by atoms with Gasteiger partial charge in [0.25, 0.3) is 0 Å². The largest absolute Gasteiger partial charge is 0.444 e. The summed E-state index contributed by atoms with van der Waals surface area (Å²) in [5.41, 5.74) is 1.20. The first-order valence-corrected chi connectivity index (χ1v) is 5.48. The summed E-state index contributed by atoms with van der Waals surface area (Å²) in [6, 6.07) is 12.6. The van der Waals surface area contributed by atoms with Crippen LogP contribution in [0.5, 0.6) is 0 Å². The first-order chi connectivity index (χ1) is 9.28. The molecule has 1 heterocycles. The summed E-state index contributed by atoms with van der Waals surface area (Å²) in [7, 11) is 0. The van der Waals surface area contributed by atoms with Crippen molar-refractivity contribution in [2.75, 3.05) is 5.32 Å². The van der Waals surface area contributed by atoms with Crippen LogP contribution in [0.4, 0.5) is 10.6 Å². The van der Waals surface area contributed by atoms with Gasteiger partial charge >= 0.3 is 6.09 Å². The van der Waals surface area contributed by atoms with Gasteiger partial charge in [0.05, 0.1) is 11.8 Å². The molecular weight excluding hydrogens is 244 g/mol. The molecule has 2 rings (SSSR count). The SMILES string of the molecule is N#Cc1cnnc(NC(=O)OCc2ccccc2)c1. The van der Waals surface area contributed by atoms with Gasteiger partial charge in [-0.1, -0.05) is 30.3 Å². The molecule has 6 nitrogen and oxygen atoms in total. The normalized spacial score (nSPS) is 9.42. The number of aromatic nitrogens is 2. The Hall–Kier alpha value is -2.94. The van der Waals surface area contributed by atoms with Crippen molar-refractivity contribution < 1.29 is 9.53 Å². The third-order valence-corrected chi connectivity index (χ3v) is 2.23. The minimum atomic E-state index is -0.645. The van der Waals surface area contributed by atoms with Crippen LogP contribution in [-0.4, -0.2) is 16.3 Å². The topological polar surface area (TPSA) is 87.9 Å². The number of anilines is 1. The first-order valence-electron chi connectivity index (χ1n) is 5.48. The lowest BCUT2D eigenvalue weighted by atomic mass is 10.2. The van der Waals surface area contributed by atoms with Crippen LogP contribution in [0.15, 0.2) is 42.6 Å². The summed E-state index contributed by atoms with van der Waals surface area (Å²) in [5.74, 6) is 0.178. The zero-order valence-corrected chi connectivity index (χ0v) is 9.91. The zero-order valence-electron chi connectivity index (χ0n) is 9.91. The van der Waals surface area contributed by atoms with E-state index in [1.165, 1.54) is 12.3 Å². The summed E-state index contributed by atoms with van der Waals surface area (Å²) in [6.07, 6.45) is 0.661. The molecule has 0 fully saturated rings. The van der Waals surface area contributed by atoms with Crippen molar-refractivity contribution in [3.05, 3.63) is 53.7 Å². The number of hydrogen-bond acceptors (Lipinski definition) is 5. The second kappa shape index (κ2) is 6.12. The summed E-state index contributed by atoms with van der Waals surface area (Å²) >= 11 is 0. The van der Waals surface area contributed by atoms with Gasteiger partial charge < -0.3 is 4.74 Å². The third-order valence-electron chi connectivity index (χ3n) is 2.23. The molecule has 1 aromatic carbocycles. The maximum absolute atomic E-state index is 11.5. The highest BCUT2D eigenvalue weighted by molar-refractivity contribution is 5.83. The standard InChI is InChI=1S/C13H10N4O2/c14-7-11-6-12(17-15-8-11)16-13(18)19-9-10-4-2-1-3-5-10/h1-6,8H,9H2,(H,16,17,18). The van der Waals surface area contributed by atoms with Gasteiger partial charge in [-0.3, -0.25) is 5.32 Å². The van der Waals surface area contributed by atoms with Crippen LogP contribution in [-0.2, 0) is 11.3 Å². The average Bonchev–Trinajstić information content (AvgIpc) is 2.46. The van der Waals surface area contributed by atoms with Crippen molar-refractivity contribution in [1.82, 2.24) is 10.2 Å². The number of nitrogens with one attached hydrogen (secondary N) is 1. The van der Waals surface area contributed by atoms with E-state index >= 15 is 0 Å². The molecule has 0 saturated carbocycles. The minimum absolute atomic E-state index is 0.165. The molecule has 0 radical (unpaired) electrons. The minimum Gasteiger partial charge on any atom is -0.444 e. The number of carbonyl (C=O) groups is 1. The van der Waals surface area contributed by atoms with Gasteiger partial charge in [0.1, 0.15) is 12.7 Å². The fourth-order valence-corrected chi connectivity index (χ4v) is 1.35. The Balaban J connectivity index is 1.89. The molecule has 0 aliphatic carbocycles. The second-order valence-electron chi connectivity index (χ2n) is 3.63. The van der Waals surface area contributed by atoms with Gasteiger partial charge in [-0.15, -0.1) is 5.10 Å². The highest BCUT2D eigenvalue weighted by Gasteiger charge is 2.05. The van der Waals surface area contributed by atoms with Crippen molar-refractivity contribution >= 4 is 11.9 Å². The average molecular weight is 254 g/mol. The molecule has 0 aliphatic rings. The van der Waals surface area contributed by atoms with E-state index in [1.54, 1.807) is 0 Å². The summed E-state index contributed by atoms with van der Waals surface area (Å²) < 4.78 is 5.00. The van der Waals surface area contributed by atoms with E-state index in [0.29, 0.717) is 5.56 Å². The number of amides is 1. The van der Waals surface area contributed by atoms with Gasteiger partial charge in [0, 0.05) is 6.07 Å². The molecule has 1 N–H and O–H groups in total. The van der Waals surface area contributed by atoms with E-state index in [-0.39, 0.29) is 12.4 Å². The number of ether oxygens (including phenoxy) is 1. The van der Waals surface area contributed by atoms with Crippen molar-refractivity contribution in [3.63, 3.8) is 0 Å². The number of nitrogens with zero attached hydrogens (tertiary/aromatic N) is 3. The van der Waals surface area contributed by atoms with Gasteiger partial charge in [-0.2, -0.15) is 10.4 Å². The smallest absolute Gasteiger partial charge is 0.413 e. The fourth-order valence-electron chi connectivity index (χ4n) is 1.35. The van der Waals surface area contributed by atoms with E-state index in [9.17, 15) is 4.79 Å². The van der Waals surface area contributed by atoms with Gasteiger partial charge in [-0.25, -0.2) is 4.79 Å². The number of rotatable bonds is 3. The molecule has 0 saturated heterocycles. The van der Waals surface area contributed by atoms with Crippen LogP contribution in [0, 0.1) is 11.3 Å². The number of carbonyl (C=O) groups excluding carboxylic acids is 1. The van der Waals surface area contributed by atoms with Crippen LogP contribution in [0.25, 0.3) is 0 Å². The Morgan fingerprint density at radius 3 is 2.89 bits per heavy atom. The lowest BCUT2D eigenvalue weighted by molar-refractivity contribution is 0.155. The van der Waals surface area contributed by atoms with E-state index in [0.717, 1.165) is 5.56 Å². The molecule has 1 amide bonds. The van der Waals surface area contributed by atoms with Crippen molar-refractivity contribution in [3.8, 4) is 6.07 Å². The van der Waals surface area contributed by atoms with Crippen molar-refractivity contribution in [2.24, 2.45) is 0 Å². The molecule has 0 bridgehead atoms. The number of hydrogen-bond donors (Lipinski definition) is 1. The van der Waals surface area contributed by atoms with Crippen LogP contribution < -0.4 is 5.32 Å². The molecule has 1 aromatic heterocycles. The Bertz CT molecular complexity index is 608. The van der Waals surface area contributed by atoms with Crippen LogP contribution in [0.2, 0.25) is 0 Å². The molecule has 0 unspecified atom stereocenters. The predicted octanol–water partition coefficient (Wildman–Crippen LogP) is 2.10. The molecule has 0 spiro atoms. The molecule has 6 heteroatoms. The summed E-state index contributed by atoms with van der Waals surface area (Å²) in [6.45, 7) is 0.165. The van der Waals surface area contributed by atoms with Crippen LogP contribution >= 0.6 is 0 Å². The Morgan fingerprint density at radius 2 is 2.16 bits per heavy atom. The number of benzene rings is 1.